The Bertz CT molecular complexity index is 606. The highest BCUT2D eigenvalue weighted by atomic mass is 127. The van der Waals surface area contributed by atoms with Crippen LogP contribution in [0.3, 0.4) is 0 Å². The Morgan fingerprint density at radius 2 is 2.00 bits per heavy atom. The Hall–Kier alpha value is -0.870. The molecular formula is C14H22IN5S2. The van der Waals surface area contributed by atoms with E-state index in [1.54, 1.807) is 29.7 Å². The van der Waals surface area contributed by atoms with Gasteiger partial charge < -0.3 is 15.5 Å². The number of nitrogens with zero attached hydrogens (tertiary/aromatic N) is 3. The summed E-state index contributed by atoms with van der Waals surface area (Å²) in [5.74, 6) is 0.794. The lowest BCUT2D eigenvalue weighted by atomic mass is 10.3. The smallest absolute Gasteiger partial charge is 0.191 e. The number of aryl methyl sites for hydroxylation is 1. The van der Waals surface area contributed by atoms with Gasteiger partial charge in [-0.2, -0.15) is 0 Å². The highest BCUT2D eigenvalue weighted by Gasteiger charge is 2.05. The number of hydrogen-bond acceptors (Lipinski definition) is 5. The maximum Gasteiger partial charge on any atom is 0.191 e. The molecule has 0 aliphatic heterocycles. The normalized spacial score (nSPS) is 11.0. The molecule has 2 rings (SSSR count). The summed E-state index contributed by atoms with van der Waals surface area (Å²) >= 11 is 3.41. The zero-order chi connectivity index (χ0) is 15.2. The van der Waals surface area contributed by atoms with E-state index in [0.717, 1.165) is 23.3 Å². The van der Waals surface area contributed by atoms with Gasteiger partial charge in [0.15, 0.2) is 11.1 Å². The number of aromatic nitrogens is 1. The molecule has 0 aliphatic carbocycles. The second-order valence-corrected chi connectivity index (χ2v) is 6.66. The van der Waals surface area contributed by atoms with Crippen molar-refractivity contribution in [2.45, 2.75) is 20.0 Å². The number of nitrogens with one attached hydrogen (secondary N) is 2. The van der Waals surface area contributed by atoms with Gasteiger partial charge in [-0.25, -0.2) is 4.98 Å². The molecule has 2 heterocycles. The Labute approximate surface area is 156 Å². The first-order valence-corrected chi connectivity index (χ1v) is 8.45. The Morgan fingerprint density at radius 3 is 2.55 bits per heavy atom. The molecule has 0 unspecified atom stereocenters. The minimum atomic E-state index is 0. The first-order chi connectivity index (χ1) is 10.1. The summed E-state index contributed by atoms with van der Waals surface area (Å²) in [6.45, 7) is 3.60. The molecule has 0 spiro atoms. The number of anilines is 1. The van der Waals surface area contributed by atoms with Crippen LogP contribution in [0.15, 0.2) is 21.8 Å². The van der Waals surface area contributed by atoms with Crippen LogP contribution in [0.1, 0.15) is 16.1 Å². The quantitative estimate of drug-likeness (QED) is 0.417. The molecule has 0 aromatic carbocycles. The fourth-order valence-corrected chi connectivity index (χ4v) is 3.33. The lowest BCUT2D eigenvalue weighted by Crippen LogP contribution is -2.36. The summed E-state index contributed by atoms with van der Waals surface area (Å²) in [5.41, 5.74) is 2.34. The molecule has 8 heteroatoms. The van der Waals surface area contributed by atoms with E-state index < -0.39 is 0 Å². The minimum absolute atomic E-state index is 0. The van der Waals surface area contributed by atoms with Crippen molar-refractivity contribution in [2.24, 2.45) is 4.99 Å². The number of thiazole rings is 1. The maximum absolute atomic E-state index is 4.54. The van der Waals surface area contributed by atoms with Crippen LogP contribution in [0.25, 0.3) is 0 Å². The summed E-state index contributed by atoms with van der Waals surface area (Å²) in [6.07, 6.45) is 0. The topological polar surface area (TPSA) is 52.6 Å². The third-order valence-corrected chi connectivity index (χ3v) is 5.05. The zero-order valence-electron chi connectivity index (χ0n) is 13.2. The second kappa shape index (κ2) is 9.31. The molecule has 0 atom stereocenters. The van der Waals surface area contributed by atoms with Gasteiger partial charge in [0, 0.05) is 31.4 Å². The Kier molecular flexibility index (Phi) is 8.12. The van der Waals surface area contributed by atoms with E-state index in [4.69, 9.17) is 0 Å². The third kappa shape index (κ3) is 5.40. The third-order valence-electron chi connectivity index (χ3n) is 2.97. The van der Waals surface area contributed by atoms with Crippen LogP contribution >= 0.6 is 46.7 Å². The number of aliphatic imine (C=N–C) groups is 1. The van der Waals surface area contributed by atoms with Crippen molar-refractivity contribution in [3.63, 3.8) is 0 Å². The van der Waals surface area contributed by atoms with Gasteiger partial charge in [-0.1, -0.05) is 0 Å². The van der Waals surface area contributed by atoms with Crippen molar-refractivity contribution in [3.8, 4) is 0 Å². The SMILES string of the molecule is CN=C(NCc1csc(N(C)C)n1)NCc1sccc1C.I. The van der Waals surface area contributed by atoms with Crippen molar-refractivity contribution in [3.05, 3.63) is 33.0 Å². The molecule has 122 valence electrons. The molecule has 22 heavy (non-hydrogen) atoms. The van der Waals surface area contributed by atoms with Gasteiger partial charge in [-0.3, -0.25) is 4.99 Å². The summed E-state index contributed by atoms with van der Waals surface area (Å²) in [4.78, 5) is 12.1. The van der Waals surface area contributed by atoms with Gasteiger partial charge in [0.1, 0.15) is 0 Å². The standard InChI is InChI=1S/C14H21N5S2.HI/c1-10-5-6-20-12(10)8-17-13(15-2)16-7-11-9-21-14(18-11)19(3)4;/h5-6,9H,7-8H2,1-4H3,(H2,15,16,17);1H. The molecule has 0 radical (unpaired) electrons. The molecule has 0 amide bonds. The minimum Gasteiger partial charge on any atom is -0.354 e. The van der Waals surface area contributed by atoms with E-state index in [-0.39, 0.29) is 24.0 Å². The summed E-state index contributed by atoms with van der Waals surface area (Å²) < 4.78 is 0. The Morgan fingerprint density at radius 1 is 1.27 bits per heavy atom. The number of guanidine groups is 1. The van der Waals surface area contributed by atoms with Crippen molar-refractivity contribution in [1.29, 1.82) is 0 Å². The van der Waals surface area contributed by atoms with Crippen LogP contribution < -0.4 is 15.5 Å². The molecule has 2 aromatic rings. The van der Waals surface area contributed by atoms with Crippen LogP contribution in [-0.4, -0.2) is 32.1 Å². The Balaban J connectivity index is 0.00000242. The molecule has 2 N–H and O–H groups in total. The van der Waals surface area contributed by atoms with E-state index in [9.17, 15) is 0 Å². The zero-order valence-corrected chi connectivity index (χ0v) is 17.2. The van der Waals surface area contributed by atoms with Gasteiger partial charge in [0.05, 0.1) is 18.8 Å². The van der Waals surface area contributed by atoms with Crippen molar-refractivity contribution in [2.75, 3.05) is 26.0 Å². The number of hydrogen-bond donors (Lipinski definition) is 2. The van der Waals surface area contributed by atoms with Crippen molar-refractivity contribution >= 4 is 57.7 Å². The predicted molar refractivity (Wildman–Crippen MR) is 108 cm³/mol. The van der Waals surface area contributed by atoms with E-state index in [0.29, 0.717) is 6.54 Å². The van der Waals surface area contributed by atoms with Crippen LogP contribution in [0.5, 0.6) is 0 Å². The van der Waals surface area contributed by atoms with Gasteiger partial charge >= 0.3 is 0 Å². The highest BCUT2D eigenvalue weighted by molar-refractivity contribution is 14.0. The number of halogens is 1. The van der Waals surface area contributed by atoms with Gasteiger partial charge in [-0.15, -0.1) is 46.7 Å². The predicted octanol–water partition coefficient (Wildman–Crippen LogP) is 3.06. The highest BCUT2D eigenvalue weighted by Crippen LogP contribution is 2.17. The maximum atomic E-state index is 4.54. The average Bonchev–Trinajstić information content (AvgIpc) is 3.08. The van der Waals surface area contributed by atoms with E-state index in [1.165, 1.54) is 10.4 Å². The number of thiophene rings is 1. The summed E-state index contributed by atoms with van der Waals surface area (Å²) in [6, 6.07) is 2.13. The van der Waals surface area contributed by atoms with Crippen molar-refractivity contribution in [1.82, 2.24) is 15.6 Å². The van der Waals surface area contributed by atoms with E-state index in [2.05, 4.69) is 44.4 Å². The van der Waals surface area contributed by atoms with Gasteiger partial charge in [-0.05, 0) is 23.9 Å². The summed E-state index contributed by atoms with van der Waals surface area (Å²) in [5, 5.41) is 11.8. The molecule has 2 aromatic heterocycles. The van der Waals surface area contributed by atoms with Crippen molar-refractivity contribution < 1.29 is 0 Å². The first kappa shape index (κ1) is 19.2. The number of rotatable bonds is 5. The van der Waals surface area contributed by atoms with Crippen LogP contribution in [-0.2, 0) is 13.1 Å². The molecule has 0 bridgehead atoms. The summed E-state index contributed by atoms with van der Waals surface area (Å²) in [7, 11) is 5.78. The molecular weight excluding hydrogens is 429 g/mol. The molecule has 0 aliphatic rings. The monoisotopic (exact) mass is 451 g/mol. The molecule has 0 saturated carbocycles. The van der Waals surface area contributed by atoms with Crippen LogP contribution in [0.2, 0.25) is 0 Å². The second-order valence-electron chi connectivity index (χ2n) is 4.82. The van der Waals surface area contributed by atoms with Crippen LogP contribution in [0.4, 0.5) is 5.13 Å². The largest absolute Gasteiger partial charge is 0.354 e. The lowest BCUT2D eigenvalue weighted by Gasteiger charge is -2.11. The first-order valence-electron chi connectivity index (χ1n) is 6.69. The lowest BCUT2D eigenvalue weighted by molar-refractivity contribution is 0.801. The molecule has 0 saturated heterocycles. The fourth-order valence-electron chi connectivity index (χ4n) is 1.73. The molecule has 0 fully saturated rings. The molecule has 5 nitrogen and oxygen atoms in total. The van der Waals surface area contributed by atoms with Crippen LogP contribution in [0, 0.1) is 6.92 Å². The van der Waals surface area contributed by atoms with E-state index in [1.807, 2.05) is 19.0 Å². The van der Waals surface area contributed by atoms with Gasteiger partial charge in [0.2, 0.25) is 0 Å². The van der Waals surface area contributed by atoms with Gasteiger partial charge in [0.25, 0.3) is 0 Å². The fraction of sp³-hybridized carbons (Fsp3) is 0.429. The average molecular weight is 451 g/mol. The van der Waals surface area contributed by atoms with E-state index >= 15 is 0 Å².